The second-order valence-corrected chi connectivity index (χ2v) is 6.65. The van der Waals surface area contributed by atoms with E-state index in [0.29, 0.717) is 6.04 Å². The normalized spacial score (nSPS) is 17.4. The molecule has 1 fully saturated rings. The lowest BCUT2D eigenvalue weighted by Gasteiger charge is -2.44. The summed E-state index contributed by atoms with van der Waals surface area (Å²) in [5.41, 5.74) is 4.59. The van der Waals surface area contributed by atoms with Crippen molar-refractivity contribution in [2.24, 2.45) is 0 Å². The van der Waals surface area contributed by atoms with Crippen molar-refractivity contribution in [3.05, 3.63) is 41.1 Å². The summed E-state index contributed by atoms with van der Waals surface area (Å²) in [7, 11) is 2.15. The molecule has 0 amide bonds. The third-order valence-electron chi connectivity index (χ3n) is 4.83. The monoisotopic (exact) mass is 310 g/mol. The molecule has 6 heteroatoms. The van der Waals surface area contributed by atoms with Crippen molar-refractivity contribution in [2.75, 3.05) is 25.0 Å². The summed E-state index contributed by atoms with van der Waals surface area (Å²) in [5, 5.41) is 8.78. The third-order valence-corrected chi connectivity index (χ3v) is 4.83. The van der Waals surface area contributed by atoms with Crippen molar-refractivity contribution in [2.45, 2.75) is 38.8 Å². The molecule has 0 unspecified atom stereocenters. The fourth-order valence-corrected chi connectivity index (χ4v) is 3.37. The molecular weight excluding hydrogens is 288 g/mol. The first kappa shape index (κ1) is 14.5. The molecule has 6 nitrogen and oxygen atoms in total. The molecule has 1 aliphatic carbocycles. The molecule has 23 heavy (non-hydrogen) atoms. The standard InChI is InChI=1S/C17H22N6/c1-12-7-18-8-14(19-12)9-22(2)15-10-23(11-15)17-6-13-4-3-5-16(13)20-21-17/h6-8,15H,3-5,9-11H2,1-2H3. The fourth-order valence-electron chi connectivity index (χ4n) is 3.37. The molecule has 2 aromatic rings. The maximum absolute atomic E-state index is 4.53. The van der Waals surface area contributed by atoms with Crippen molar-refractivity contribution >= 4 is 5.82 Å². The molecule has 0 spiro atoms. The number of anilines is 1. The first-order valence-electron chi connectivity index (χ1n) is 8.27. The Labute approximate surface area is 136 Å². The maximum Gasteiger partial charge on any atom is 0.151 e. The highest BCUT2D eigenvalue weighted by Crippen LogP contribution is 2.26. The quantitative estimate of drug-likeness (QED) is 0.850. The zero-order chi connectivity index (χ0) is 15.8. The lowest BCUT2D eigenvalue weighted by Crippen LogP contribution is -2.58. The molecule has 3 heterocycles. The van der Waals surface area contributed by atoms with Crippen LogP contribution in [-0.2, 0) is 19.4 Å². The molecule has 0 aromatic carbocycles. The molecule has 4 rings (SSSR count). The number of hydrogen-bond donors (Lipinski definition) is 0. The van der Waals surface area contributed by atoms with Crippen molar-refractivity contribution < 1.29 is 0 Å². The number of aromatic nitrogens is 4. The van der Waals surface area contributed by atoms with Crippen molar-refractivity contribution in [3.8, 4) is 0 Å². The van der Waals surface area contributed by atoms with E-state index in [1.54, 1.807) is 6.20 Å². The Balaban J connectivity index is 1.35. The second-order valence-electron chi connectivity index (χ2n) is 6.65. The summed E-state index contributed by atoms with van der Waals surface area (Å²) in [4.78, 5) is 13.4. The molecule has 0 N–H and O–H groups in total. The van der Waals surface area contributed by atoms with Gasteiger partial charge in [-0.05, 0) is 44.9 Å². The van der Waals surface area contributed by atoms with Crippen LogP contribution in [0.1, 0.15) is 29.1 Å². The third kappa shape index (κ3) is 2.91. The lowest BCUT2D eigenvalue weighted by molar-refractivity contribution is 0.194. The van der Waals surface area contributed by atoms with Crippen LogP contribution in [0, 0.1) is 6.92 Å². The number of hydrogen-bond acceptors (Lipinski definition) is 6. The summed E-state index contributed by atoms with van der Waals surface area (Å²) in [6.07, 6.45) is 7.11. The Kier molecular flexibility index (Phi) is 3.69. The minimum absolute atomic E-state index is 0.535. The summed E-state index contributed by atoms with van der Waals surface area (Å²) >= 11 is 0. The van der Waals surface area contributed by atoms with Gasteiger partial charge < -0.3 is 4.90 Å². The average molecular weight is 310 g/mol. The van der Waals surface area contributed by atoms with E-state index in [1.165, 1.54) is 17.7 Å². The Morgan fingerprint density at radius 1 is 1.22 bits per heavy atom. The Morgan fingerprint density at radius 3 is 2.91 bits per heavy atom. The summed E-state index contributed by atoms with van der Waals surface area (Å²) in [5.74, 6) is 1.03. The van der Waals surface area contributed by atoms with Crippen LogP contribution < -0.4 is 4.90 Å². The average Bonchev–Trinajstić information content (AvgIpc) is 2.93. The Hall–Kier alpha value is -2.08. The number of aryl methyl sites for hydroxylation is 3. The largest absolute Gasteiger partial charge is 0.352 e. The van der Waals surface area contributed by atoms with Crippen LogP contribution >= 0.6 is 0 Å². The molecule has 0 saturated carbocycles. The van der Waals surface area contributed by atoms with Crippen molar-refractivity contribution in [3.63, 3.8) is 0 Å². The zero-order valence-electron chi connectivity index (χ0n) is 13.7. The number of rotatable bonds is 4. The molecule has 2 aliphatic rings. The van der Waals surface area contributed by atoms with Crippen molar-refractivity contribution in [1.82, 2.24) is 25.1 Å². The van der Waals surface area contributed by atoms with Gasteiger partial charge in [0.15, 0.2) is 5.82 Å². The van der Waals surface area contributed by atoms with E-state index >= 15 is 0 Å². The molecule has 1 saturated heterocycles. The number of nitrogens with zero attached hydrogens (tertiary/aromatic N) is 6. The van der Waals surface area contributed by atoms with Crippen LogP contribution in [0.4, 0.5) is 5.82 Å². The maximum atomic E-state index is 4.53. The van der Waals surface area contributed by atoms with Gasteiger partial charge in [-0.25, -0.2) is 0 Å². The lowest BCUT2D eigenvalue weighted by atomic mass is 10.1. The molecule has 120 valence electrons. The highest BCUT2D eigenvalue weighted by molar-refractivity contribution is 5.45. The Bertz CT molecular complexity index is 710. The van der Waals surface area contributed by atoms with Gasteiger partial charge in [0.25, 0.3) is 0 Å². The molecule has 0 radical (unpaired) electrons. The highest BCUT2D eigenvalue weighted by Gasteiger charge is 2.32. The van der Waals surface area contributed by atoms with Gasteiger partial charge in [-0.15, -0.1) is 5.10 Å². The van der Waals surface area contributed by atoms with Gasteiger partial charge in [0.2, 0.25) is 0 Å². The van der Waals surface area contributed by atoms with Crippen LogP contribution in [0.25, 0.3) is 0 Å². The van der Waals surface area contributed by atoms with E-state index in [4.69, 9.17) is 0 Å². The van der Waals surface area contributed by atoms with Crippen LogP contribution in [-0.4, -0.2) is 51.2 Å². The first-order valence-corrected chi connectivity index (χ1v) is 8.27. The summed E-state index contributed by atoms with van der Waals surface area (Å²) in [6.45, 7) is 4.82. The number of likely N-dealkylation sites (N-methyl/N-ethyl adjacent to an activating group) is 1. The smallest absolute Gasteiger partial charge is 0.151 e. The fraction of sp³-hybridized carbons (Fsp3) is 0.529. The van der Waals surface area contributed by atoms with E-state index in [0.717, 1.165) is 49.7 Å². The van der Waals surface area contributed by atoms with Gasteiger partial charge in [-0.2, -0.15) is 5.10 Å². The van der Waals surface area contributed by atoms with E-state index in [-0.39, 0.29) is 0 Å². The van der Waals surface area contributed by atoms with Crippen LogP contribution in [0.5, 0.6) is 0 Å². The van der Waals surface area contributed by atoms with E-state index in [2.05, 4.69) is 43.1 Å². The van der Waals surface area contributed by atoms with Gasteiger partial charge in [0.05, 0.1) is 17.1 Å². The van der Waals surface area contributed by atoms with E-state index < -0.39 is 0 Å². The van der Waals surface area contributed by atoms with Crippen LogP contribution in [0.3, 0.4) is 0 Å². The topological polar surface area (TPSA) is 58.0 Å². The SMILES string of the molecule is Cc1cncc(CN(C)C2CN(c3cc4c(nn3)CCC4)C2)n1. The number of fused-ring (bicyclic) bond motifs is 1. The van der Waals surface area contributed by atoms with E-state index in [1.807, 2.05) is 13.1 Å². The van der Waals surface area contributed by atoms with Crippen molar-refractivity contribution in [1.29, 1.82) is 0 Å². The molecule has 2 aromatic heterocycles. The Morgan fingerprint density at radius 2 is 2.09 bits per heavy atom. The first-order chi connectivity index (χ1) is 11.2. The van der Waals surface area contributed by atoms with Gasteiger partial charge in [0, 0.05) is 38.1 Å². The molecule has 1 aliphatic heterocycles. The summed E-state index contributed by atoms with van der Waals surface area (Å²) < 4.78 is 0. The van der Waals surface area contributed by atoms with Gasteiger partial charge >= 0.3 is 0 Å². The predicted octanol–water partition coefficient (Wildman–Crippen LogP) is 1.38. The minimum atomic E-state index is 0.535. The van der Waals surface area contributed by atoms with Gasteiger partial charge in [-0.1, -0.05) is 0 Å². The second kappa shape index (κ2) is 5.85. The predicted molar refractivity (Wildman–Crippen MR) is 88.3 cm³/mol. The van der Waals surface area contributed by atoms with Gasteiger partial charge in [0.1, 0.15) is 0 Å². The van der Waals surface area contributed by atoms with Gasteiger partial charge in [-0.3, -0.25) is 14.9 Å². The highest BCUT2D eigenvalue weighted by atomic mass is 15.4. The molecule has 0 atom stereocenters. The molecule has 0 bridgehead atoms. The molecular formula is C17H22N6. The van der Waals surface area contributed by atoms with Crippen LogP contribution in [0.2, 0.25) is 0 Å². The zero-order valence-corrected chi connectivity index (χ0v) is 13.7. The minimum Gasteiger partial charge on any atom is -0.352 e. The van der Waals surface area contributed by atoms with Crippen LogP contribution in [0.15, 0.2) is 18.5 Å². The summed E-state index contributed by atoms with van der Waals surface area (Å²) in [6, 6.07) is 2.77. The van der Waals surface area contributed by atoms with E-state index in [9.17, 15) is 0 Å².